The lowest BCUT2D eigenvalue weighted by molar-refractivity contribution is -0.129. The number of anilines is 1. The minimum absolute atomic E-state index is 0.0451. The van der Waals surface area contributed by atoms with Gasteiger partial charge in [0, 0.05) is 36.9 Å². The lowest BCUT2D eigenvalue weighted by atomic mass is 10.0. The highest BCUT2D eigenvalue weighted by Gasteiger charge is 2.24. The van der Waals surface area contributed by atoms with Gasteiger partial charge < -0.3 is 21.3 Å². The molecule has 0 bridgehead atoms. The highest BCUT2D eigenvalue weighted by Crippen LogP contribution is 2.34. The minimum atomic E-state index is -0.800. The molecule has 1 atom stereocenters. The van der Waals surface area contributed by atoms with E-state index < -0.39 is 11.9 Å². The van der Waals surface area contributed by atoms with Crippen LogP contribution in [0.5, 0.6) is 0 Å². The van der Waals surface area contributed by atoms with Crippen LogP contribution in [0.15, 0.2) is 77.0 Å². The van der Waals surface area contributed by atoms with E-state index in [0.29, 0.717) is 31.6 Å². The molecule has 0 spiro atoms. The minimum Gasteiger partial charge on any atom is -0.354 e. The number of carbonyl (C=O) groups is 3. The Balaban J connectivity index is 1.46. The quantitative estimate of drug-likeness (QED) is 0.355. The van der Waals surface area contributed by atoms with Crippen LogP contribution in [0.4, 0.5) is 10.1 Å². The predicted octanol–water partition coefficient (Wildman–Crippen LogP) is 3.51. The van der Waals surface area contributed by atoms with E-state index in [2.05, 4.69) is 10.6 Å². The average molecular weight is 521 g/mol. The molecular formula is C28H29FN4O3S. The second kappa shape index (κ2) is 12.5. The van der Waals surface area contributed by atoms with Crippen LogP contribution in [0, 0.1) is 5.82 Å². The molecule has 9 heteroatoms. The Labute approximate surface area is 219 Å². The number of hydrogen-bond donors (Lipinski definition) is 3. The predicted molar refractivity (Wildman–Crippen MR) is 145 cm³/mol. The second-order valence-electron chi connectivity index (χ2n) is 8.71. The maximum absolute atomic E-state index is 13.9. The average Bonchev–Trinajstić information content (AvgIpc) is 3.04. The molecule has 3 aromatic carbocycles. The molecule has 0 saturated carbocycles. The number of hydrogen-bond acceptors (Lipinski definition) is 5. The van der Waals surface area contributed by atoms with E-state index in [-0.39, 0.29) is 30.7 Å². The van der Waals surface area contributed by atoms with Crippen LogP contribution < -0.4 is 21.3 Å². The Morgan fingerprint density at radius 3 is 2.68 bits per heavy atom. The van der Waals surface area contributed by atoms with Gasteiger partial charge in [0.2, 0.25) is 11.8 Å². The van der Waals surface area contributed by atoms with E-state index in [1.807, 2.05) is 42.5 Å². The van der Waals surface area contributed by atoms with Gasteiger partial charge in [-0.2, -0.15) is 0 Å². The number of nitrogens with one attached hydrogen (secondary N) is 2. The molecule has 7 nitrogen and oxygen atoms in total. The molecule has 0 radical (unpaired) electrons. The van der Waals surface area contributed by atoms with Gasteiger partial charge in [0.1, 0.15) is 11.9 Å². The van der Waals surface area contributed by atoms with E-state index >= 15 is 0 Å². The van der Waals surface area contributed by atoms with Gasteiger partial charge in [-0.3, -0.25) is 14.4 Å². The van der Waals surface area contributed by atoms with Crippen molar-refractivity contribution in [3.8, 4) is 0 Å². The van der Waals surface area contributed by atoms with Crippen LogP contribution in [0.3, 0.4) is 0 Å². The number of fused-ring (bicyclic) bond motifs is 2. The number of carbonyl (C=O) groups excluding carboxylic acids is 3. The van der Waals surface area contributed by atoms with E-state index in [0.717, 1.165) is 21.2 Å². The van der Waals surface area contributed by atoms with Crippen molar-refractivity contribution < 1.29 is 18.8 Å². The molecule has 1 aliphatic rings. The molecule has 0 aromatic heterocycles. The summed E-state index contributed by atoms with van der Waals surface area (Å²) < 4.78 is 13.9. The maximum Gasteiger partial charge on any atom is 0.251 e. The van der Waals surface area contributed by atoms with E-state index in [1.54, 1.807) is 11.5 Å². The SMILES string of the molecule is NCCCNC(=O)C(Cc1ccc2ccccc2c1)NC(=O)CCN1C(=O)C=CSc2ccc(F)cc21. The van der Waals surface area contributed by atoms with Crippen molar-refractivity contribution in [2.24, 2.45) is 5.73 Å². The first-order valence-corrected chi connectivity index (χ1v) is 13.0. The van der Waals surface area contributed by atoms with Gasteiger partial charge in [-0.05, 0) is 52.9 Å². The van der Waals surface area contributed by atoms with Crippen LogP contribution in [-0.4, -0.2) is 43.4 Å². The Kier molecular flexibility index (Phi) is 8.92. The summed E-state index contributed by atoms with van der Waals surface area (Å²) in [7, 11) is 0. The molecule has 3 amide bonds. The number of rotatable bonds is 10. The molecule has 0 fully saturated rings. The summed E-state index contributed by atoms with van der Waals surface area (Å²) in [6.45, 7) is 0.901. The van der Waals surface area contributed by atoms with Crippen LogP contribution in [-0.2, 0) is 20.8 Å². The fourth-order valence-electron chi connectivity index (χ4n) is 4.13. The molecule has 3 aromatic rings. The summed E-state index contributed by atoms with van der Waals surface area (Å²) in [6, 6.07) is 17.3. The number of nitrogens with two attached hydrogens (primary N) is 1. The molecule has 1 aliphatic heterocycles. The number of nitrogens with zero attached hydrogens (tertiary/aromatic N) is 1. The van der Waals surface area contributed by atoms with Crippen molar-refractivity contribution >= 4 is 45.9 Å². The van der Waals surface area contributed by atoms with Crippen molar-refractivity contribution in [1.29, 1.82) is 0 Å². The zero-order chi connectivity index (χ0) is 26.2. The second-order valence-corrected chi connectivity index (χ2v) is 9.66. The largest absolute Gasteiger partial charge is 0.354 e. The zero-order valence-electron chi connectivity index (χ0n) is 20.3. The Morgan fingerprint density at radius 1 is 1.05 bits per heavy atom. The monoisotopic (exact) mass is 520 g/mol. The third-order valence-corrected chi connectivity index (χ3v) is 6.90. The van der Waals surface area contributed by atoms with Crippen LogP contribution in [0.1, 0.15) is 18.4 Å². The molecule has 1 heterocycles. The van der Waals surface area contributed by atoms with Gasteiger partial charge in [-0.15, -0.1) is 0 Å². The van der Waals surface area contributed by atoms with Gasteiger partial charge in [-0.25, -0.2) is 4.39 Å². The molecule has 4 N–H and O–H groups in total. The highest BCUT2D eigenvalue weighted by molar-refractivity contribution is 8.02. The van der Waals surface area contributed by atoms with Gasteiger partial charge in [-0.1, -0.05) is 54.2 Å². The lowest BCUT2D eigenvalue weighted by Gasteiger charge is -2.23. The third kappa shape index (κ3) is 6.96. The van der Waals surface area contributed by atoms with Crippen molar-refractivity contribution in [3.05, 3.63) is 83.5 Å². The fraction of sp³-hybridized carbons (Fsp3) is 0.250. The first kappa shape index (κ1) is 26.4. The normalized spacial score (nSPS) is 13.7. The summed E-state index contributed by atoms with van der Waals surface area (Å²) >= 11 is 1.31. The van der Waals surface area contributed by atoms with E-state index in [4.69, 9.17) is 5.73 Å². The summed E-state index contributed by atoms with van der Waals surface area (Å²) in [5.41, 5.74) is 6.87. The molecular weight excluding hydrogens is 491 g/mol. The zero-order valence-corrected chi connectivity index (χ0v) is 21.1. The molecule has 192 valence electrons. The summed E-state index contributed by atoms with van der Waals surface area (Å²) in [4.78, 5) is 40.6. The smallest absolute Gasteiger partial charge is 0.251 e. The number of halogens is 1. The Hall–Kier alpha value is -3.69. The number of thioether (sulfide) groups is 1. The van der Waals surface area contributed by atoms with Crippen LogP contribution >= 0.6 is 11.8 Å². The Bertz CT molecular complexity index is 1330. The lowest BCUT2D eigenvalue weighted by Crippen LogP contribution is -2.49. The molecule has 4 rings (SSSR count). The third-order valence-electron chi connectivity index (χ3n) is 6.03. The van der Waals surface area contributed by atoms with Gasteiger partial charge in [0.25, 0.3) is 5.91 Å². The van der Waals surface area contributed by atoms with Gasteiger partial charge in [0.15, 0.2) is 0 Å². The Morgan fingerprint density at radius 2 is 1.86 bits per heavy atom. The van der Waals surface area contributed by atoms with Crippen LogP contribution in [0.25, 0.3) is 10.8 Å². The summed E-state index contributed by atoms with van der Waals surface area (Å²) in [6.07, 6.45) is 2.28. The topological polar surface area (TPSA) is 105 Å². The standard InChI is InChI=1S/C28H29FN4O3S/c29-22-8-9-25-24(18-22)33(27(35)11-15-37-25)14-10-26(34)32-23(28(36)31-13-3-12-30)17-19-6-7-20-4-1-2-5-21(20)16-19/h1-2,4-9,11,15-16,18,23H,3,10,12-14,17,30H2,(H,31,36)(H,32,34). The van der Waals surface area contributed by atoms with Crippen molar-refractivity contribution in [2.75, 3.05) is 24.5 Å². The molecule has 1 unspecified atom stereocenters. The van der Waals surface area contributed by atoms with E-state index in [9.17, 15) is 18.8 Å². The van der Waals surface area contributed by atoms with Crippen LogP contribution in [0.2, 0.25) is 0 Å². The summed E-state index contributed by atoms with van der Waals surface area (Å²) in [5.74, 6) is -1.48. The number of benzene rings is 3. The van der Waals surface area contributed by atoms with Crippen molar-refractivity contribution in [3.63, 3.8) is 0 Å². The first-order valence-electron chi connectivity index (χ1n) is 12.1. The summed E-state index contributed by atoms with van der Waals surface area (Å²) in [5, 5.41) is 9.44. The van der Waals surface area contributed by atoms with Crippen molar-refractivity contribution in [2.45, 2.75) is 30.2 Å². The van der Waals surface area contributed by atoms with E-state index in [1.165, 1.54) is 34.9 Å². The molecule has 37 heavy (non-hydrogen) atoms. The molecule has 0 aliphatic carbocycles. The molecule has 0 saturated heterocycles. The van der Waals surface area contributed by atoms with Gasteiger partial charge >= 0.3 is 0 Å². The van der Waals surface area contributed by atoms with Gasteiger partial charge in [0.05, 0.1) is 5.69 Å². The highest BCUT2D eigenvalue weighted by atomic mass is 32.2. The first-order chi connectivity index (χ1) is 17.9. The number of amides is 3. The van der Waals surface area contributed by atoms with Crippen molar-refractivity contribution in [1.82, 2.24) is 10.6 Å². The maximum atomic E-state index is 13.9. The fourth-order valence-corrected chi connectivity index (χ4v) is 4.90.